The number of rotatable bonds is 5. The van der Waals surface area contributed by atoms with E-state index in [4.69, 9.17) is 4.74 Å². The van der Waals surface area contributed by atoms with Crippen LogP contribution >= 0.6 is 11.3 Å². The van der Waals surface area contributed by atoms with Gasteiger partial charge in [0.25, 0.3) is 0 Å². The van der Waals surface area contributed by atoms with E-state index in [1.807, 2.05) is 18.4 Å². The molecule has 2 heterocycles. The summed E-state index contributed by atoms with van der Waals surface area (Å²) in [5.74, 6) is 0. The van der Waals surface area contributed by atoms with Crippen molar-refractivity contribution in [3.05, 3.63) is 21.9 Å². The minimum absolute atomic E-state index is 0.271. The van der Waals surface area contributed by atoms with Gasteiger partial charge in [-0.2, -0.15) is 0 Å². The van der Waals surface area contributed by atoms with Crippen LogP contribution in [0.1, 0.15) is 29.8 Å². The third kappa shape index (κ3) is 3.12. The topological polar surface area (TPSA) is 24.5 Å². The highest BCUT2D eigenvalue weighted by molar-refractivity contribution is 7.10. The maximum Gasteiger partial charge on any atom is 0.0904 e. The molecule has 0 aromatic carbocycles. The number of nitrogens with zero attached hydrogens (tertiary/aromatic N) is 1. The molecule has 2 rings (SSSR count). The van der Waals surface area contributed by atoms with Gasteiger partial charge in [-0.1, -0.05) is 6.92 Å². The molecule has 1 aliphatic rings. The van der Waals surface area contributed by atoms with E-state index in [1.165, 1.54) is 23.4 Å². The summed E-state index contributed by atoms with van der Waals surface area (Å²) < 4.78 is 5.99. The van der Waals surface area contributed by atoms with E-state index in [2.05, 4.69) is 35.5 Å². The first-order chi connectivity index (χ1) is 8.76. The quantitative estimate of drug-likeness (QED) is 0.887. The Labute approximate surface area is 114 Å². The molecule has 0 spiro atoms. The third-order valence-electron chi connectivity index (χ3n) is 3.58. The summed E-state index contributed by atoms with van der Waals surface area (Å²) in [5, 5.41) is 5.60. The fraction of sp³-hybridized carbons (Fsp3) is 0.714. The number of ether oxygens (including phenoxy) is 1. The Kier molecular flexibility index (Phi) is 5.18. The average Bonchev–Trinajstić information content (AvgIpc) is 2.78. The van der Waals surface area contributed by atoms with Crippen molar-refractivity contribution in [1.29, 1.82) is 0 Å². The van der Waals surface area contributed by atoms with Gasteiger partial charge in [-0.15, -0.1) is 11.3 Å². The molecule has 0 radical (unpaired) electrons. The maximum atomic E-state index is 5.99. The Morgan fingerprint density at radius 2 is 2.44 bits per heavy atom. The maximum absolute atomic E-state index is 5.99. The van der Waals surface area contributed by atoms with Gasteiger partial charge in [0, 0.05) is 18.0 Å². The average molecular weight is 268 g/mol. The minimum Gasteiger partial charge on any atom is -0.374 e. The zero-order chi connectivity index (χ0) is 13.0. The van der Waals surface area contributed by atoms with E-state index < -0.39 is 0 Å². The Bertz CT molecular complexity index is 364. The number of thiophene rings is 1. The molecular formula is C14H24N2OS. The van der Waals surface area contributed by atoms with E-state index in [1.54, 1.807) is 0 Å². The molecule has 3 nitrogen and oxygen atoms in total. The summed E-state index contributed by atoms with van der Waals surface area (Å²) in [4.78, 5) is 3.93. The lowest BCUT2D eigenvalue weighted by Gasteiger charge is -2.36. The van der Waals surface area contributed by atoms with E-state index >= 15 is 0 Å². The largest absolute Gasteiger partial charge is 0.374 e. The van der Waals surface area contributed by atoms with E-state index in [9.17, 15) is 0 Å². The molecule has 2 atom stereocenters. The number of aryl methyl sites for hydroxylation is 1. The molecule has 18 heavy (non-hydrogen) atoms. The number of likely N-dealkylation sites (N-methyl/N-ethyl adjacent to an activating group) is 1. The summed E-state index contributed by atoms with van der Waals surface area (Å²) in [5.41, 5.74) is 1.37. The van der Waals surface area contributed by atoms with Gasteiger partial charge in [0.15, 0.2) is 0 Å². The molecule has 1 aromatic heterocycles. The minimum atomic E-state index is 0.271. The molecule has 1 aromatic rings. The van der Waals surface area contributed by atoms with E-state index in [0.29, 0.717) is 6.04 Å². The van der Waals surface area contributed by atoms with Gasteiger partial charge in [-0.25, -0.2) is 0 Å². The Morgan fingerprint density at radius 1 is 1.61 bits per heavy atom. The highest BCUT2D eigenvalue weighted by Gasteiger charge is 2.29. The predicted molar refractivity (Wildman–Crippen MR) is 77.3 cm³/mol. The SMILES string of the molecule is CCCN1CCOC(C(NC)c2sccc2C)C1. The van der Waals surface area contributed by atoms with Crippen LogP contribution in [0.3, 0.4) is 0 Å². The molecule has 1 saturated heterocycles. The molecule has 1 aliphatic heterocycles. The van der Waals surface area contributed by atoms with Crippen LogP contribution in [0.5, 0.6) is 0 Å². The van der Waals surface area contributed by atoms with Gasteiger partial charge < -0.3 is 10.1 Å². The second-order valence-electron chi connectivity index (χ2n) is 4.94. The summed E-state index contributed by atoms with van der Waals surface area (Å²) in [7, 11) is 2.03. The van der Waals surface area contributed by atoms with Gasteiger partial charge in [0.05, 0.1) is 18.8 Å². The van der Waals surface area contributed by atoms with Crippen LogP contribution in [-0.2, 0) is 4.74 Å². The lowest BCUT2D eigenvalue weighted by Crippen LogP contribution is -2.47. The molecule has 1 N–H and O–H groups in total. The highest BCUT2D eigenvalue weighted by atomic mass is 32.1. The normalized spacial score (nSPS) is 23.2. The summed E-state index contributed by atoms with van der Waals surface area (Å²) in [6.07, 6.45) is 1.49. The first kappa shape index (κ1) is 14.0. The van der Waals surface area contributed by atoms with Crippen molar-refractivity contribution in [2.75, 3.05) is 33.3 Å². The Morgan fingerprint density at radius 3 is 3.06 bits per heavy atom. The van der Waals surface area contributed by atoms with E-state index in [0.717, 1.165) is 19.7 Å². The first-order valence-corrected chi connectivity index (χ1v) is 7.69. The molecule has 4 heteroatoms. The molecule has 0 amide bonds. The second-order valence-corrected chi connectivity index (χ2v) is 5.89. The van der Waals surface area contributed by atoms with Crippen LogP contribution < -0.4 is 5.32 Å². The summed E-state index contributed by atoms with van der Waals surface area (Å²) in [6.45, 7) is 8.57. The highest BCUT2D eigenvalue weighted by Crippen LogP contribution is 2.29. The second kappa shape index (κ2) is 6.66. The van der Waals surface area contributed by atoms with Gasteiger partial charge >= 0.3 is 0 Å². The van der Waals surface area contributed by atoms with Gasteiger partial charge in [0.1, 0.15) is 0 Å². The van der Waals surface area contributed by atoms with Crippen LogP contribution in [-0.4, -0.2) is 44.3 Å². The van der Waals surface area contributed by atoms with Crippen LogP contribution in [0.15, 0.2) is 11.4 Å². The van der Waals surface area contributed by atoms with Crippen molar-refractivity contribution >= 4 is 11.3 Å². The third-order valence-corrected chi connectivity index (χ3v) is 4.69. The standard InChI is InChI=1S/C14H24N2OS/c1-4-6-16-7-8-17-12(10-16)13(15-3)14-11(2)5-9-18-14/h5,9,12-13,15H,4,6-8,10H2,1-3H3. The molecular weight excluding hydrogens is 244 g/mol. The lowest BCUT2D eigenvalue weighted by molar-refractivity contribution is -0.0454. The first-order valence-electron chi connectivity index (χ1n) is 6.81. The van der Waals surface area contributed by atoms with Crippen LogP contribution in [0.2, 0.25) is 0 Å². The molecule has 0 aliphatic carbocycles. The fourth-order valence-electron chi connectivity index (χ4n) is 2.64. The van der Waals surface area contributed by atoms with Crippen molar-refractivity contribution in [1.82, 2.24) is 10.2 Å². The van der Waals surface area contributed by atoms with Gasteiger partial charge in [0.2, 0.25) is 0 Å². The monoisotopic (exact) mass is 268 g/mol. The van der Waals surface area contributed by atoms with Crippen LogP contribution in [0.4, 0.5) is 0 Å². The predicted octanol–water partition coefficient (Wildman–Crippen LogP) is 2.43. The Balaban J connectivity index is 2.06. The zero-order valence-corrected chi connectivity index (χ0v) is 12.4. The van der Waals surface area contributed by atoms with Crippen molar-refractivity contribution in [2.45, 2.75) is 32.4 Å². The number of nitrogens with one attached hydrogen (secondary N) is 1. The molecule has 0 bridgehead atoms. The summed E-state index contributed by atoms with van der Waals surface area (Å²) >= 11 is 1.83. The van der Waals surface area contributed by atoms with Gasteiger partial charge in [-0.05, 0) is 43.9 Å². The lowest BCUT2D eigenvalue weighted by atomic mass is 10.0. The summed E-state index contributed by atoms with van der Waals surface area (Å²) in [6, 6.07) is 2.52. The molecule has 2 unspecified atom stereocenters. The van der Waals surface area contributed by atoms with Crippen molar-refractivity contribution in [3.63, 3.8) is 0 Å². The van der Waals surface area contributed by atoms with Crippen molar-refractivity contribution in [2.24, 2.45) is 0 Å². The van der Waals surface area contributed by atoms with Crippen LogP contribution in [0, 0.1) is 6.92 Å². The van der Waals surface area contributed by atoms with E-state index in [-0.39, 0.29) is 6.10 Å². The van der Waals surface area contributed by atoms with Crippen molar-refractivity contribution < 1.29 is 4.74 Å². The molecule has 1 fully saturated rings. The fourth-order valence-corrected chi connectivity index (χ4v) is 3.73. The molecule has 0 saturated carbocycles. The van der Waals surface area contributed by atoms with Crippen LogP contribution in [0.25, 0.3) is 0 Å². The smallest absolute Gasteiger partial charge is 0.0904 e. The number of hydrogen-bond acceptors (Lipinski definition) is 4. The van der Waals surface area contributed by atoms with Crippen molar-refractivity contribution in [3.8, 4) is 0 Å². The van der Waals surface area contributed by atoms with Gasteiger partial charge in [-0.3, -0.25) is 4.90 Å². The number of morpholine rings is 1. The Hall–Kier alpha value is -0.420. The zero-order valence-electron chi connectivity index (χ0n) is 11.6. The number of hydrogen-bond donors (Lipinski definition) is 1. The molecule has 102 valence electrons.